The van der Waals surface area contributed by atoms with Crippen molar-refractivity contribution >= 4 is 44.7 Å². The van der Waals surface area contributed by atoms with Crippen LogP contribution in [0.2, 0.25) is 5.28 Å². The first kappa shape index (κ1) is 19.2. The minimum absolute atomic E-state index is 0.196. The smallest absolute Gasteiger partial charge is 0.225 e. The average Bonchev–Trinajstić information content (AvgIpc) is 3.18. The predicted molar refractivity (Wildman–Crippen MR) is 119 cm³/mol. The quantitative estimate of drug-likeness (QED) is 0.386. The Labute approximate surface area is 181 Å². The van der Waals surface area contributed by atoms with Crippen LogP contribution in [-0.2, 0) is 0 Å². The first-order chi connectivity index (χ1) is 14.6. The van der Waals surface area contributed by atoms with Gasteiger partial charge >= 0.3 is 0 Å². The Morgan fingerprint density at radius 1 is 0.867 bits per heavy atom. The Morgan fingerprint density at radius 3 is 2.30 bits per heavy atom. The molecule has 1 saturated heterocycles. The summed E-state index contributed by atoms with van der Waals surface area (Å²) in [6, 6.07) is 13.2. The van der Waals surface area contributed by atoms with Crippen LogP contribution in [0.5, 0.6) is 0 Å². The van der Waals surface area contributed by atoms with E-state index in [1.807, 2.05) is 16.3 Å². The third kappa shape index (κ3) is 3.48. The van der Waals surface area contributed by atoms with Gasteiger partial charge in [-0.3, -0.25) is 0 Å². The van der Waals surface area contributed by atoms with Gasteiger partial charge in [0.2, 0.25) is 5.28 Å². The lowest BCUT2D eigenvalue weighted by atomic mass is 10.1. The molecule has 2 aromatic carbocycles. The second kappa shape index (κ2) is 7.81. The molecule has 0 aliphatic carbocycles. The van der Waals surface area contributed by atoms with E-state index in [1.165, 1.54) is 29.5 Å². The van der Waals surface area contributed by atoms with Crippen molar-refractivity contribution in [3.05, 3.63) is 70.8 Å². The molecular formula is C22H17ClF2N4S. The molecule has 4 nitrogen and oxygen atoms in total. The highest BCUT2D eigenvalue weighted by atomic mass is 35.5. The van der Waals surface area contributed by atoms with Crippen molar-refractivity contribution in [2.24, 2.45) is 0 Å². The van der Waals surface area contributed by atoms with Crippen LogP contribution in [0.25, 0.3) is 21.3 Å². The average molecular weight is 443 g/mol. The number of fused-ring (bicyclic) bond motifs is 1. The third-order valence-electron chi connectivity index (χ3n) is 5.31. The Balaban J connectivity index is 1.49. The van der Waals surface area contributed by atoms with Crippen LogP contribution in [-0.4, -0.2) is 36.1 Å². The van der Waals surface area contributed by atoms with Crippen molar-refractivity contribution < 1.29 is 8.78 Å². The van der Waals surface area contributed by atoms with E-state index >= 15 is 0 Å². The van der Waals surface area contributed by atoms with E-state index in [0.29, 0.717) is 31.9 Å². The summed E-state index contributed by atoms with van der Waals surface area (Å²) in [6.45, 7) is 2.69. The Hall–Kier alpha value is -2.77. The summed E-state index contributed by atoms with van der Waals surface area (Å²) >= 11 is 7.70. The van der Waals surface area contributed by atoms with Crippen LogP contribution in [0.15, 0.2) is 53.9 Å². The molecule has 0 saturated carbocycles. The van der Waals surface area contributed by atoms with Gasteiger partial charge in [0.1, 0.15) is 22.3 Å². The van der Waals surface area contributed by atoms with Gasteiger partial charge in [0.15, 0.2) is 0 Å². The van der Waals surface area contributed by atoms with E-state index in [0.717, 1.165) is 27.2 Å². The zero-order chi connectivity index (χ0) is 20.7. The molecule has 0 atom stereocenters. The van der Waals surface area contributed by atoms with Crippen molar-refractivity contribution in [1.82, 2.24) is 9.97 Å². The Morgan fingerprint density at radius 2 is 1.57 bits per heavy atom. The molecule has 2 aromatic heterocycles. The highest BCUT2D eigenvalue weighted by Crippen LogP contribution is 2.39. The largest absolute Gasteiger partial charge is 0.366 e. The van der Waals surface area contributed by atoms with Crippen LogP contribution >= 0.6 is 22.9 Å². The summed E-state index contributed by atoms with van der Waals surface area (Å²) in [5, 5.41) is 3.11. The first-order valence-corrected chi connectivity index (χ1v) is 10.8. The van der Waals surface area contributed by atoms with E-state index in [-0.39, 0.29) is 16.9 Å². The van der Waals surface area contributed by atoms with Crippen molar-refractivity contribution in [1.29, 1.82) is 0 Å². The van der Waals surface area contributed by atoms with Gasteiger partial charge < -0.3 is 9.80 Å². The number of rotatable bonds is 3. The lowest BCUT2D eigenvalue weighted by Gasteiger charge is -2.37. The number of aromatic nitrogens is 2. The fourth-order valence-electron chi connectivity index (χ4n) is 3.84. The van der Waals surface area contributed by atoms with E-state index in [1.54, 1.807) is 24.3 Å². The van der Waals surface area contributed by atoms with Gasteiger partial charge in [-0.1, -0.05) is 24.3 Å². The van der Waals surface area contributed by atoms with Crippen LogP contribution < -0.4 is 9.80 Å². The lowest BCUT2D eigenvalue weighted by Crippen LogP contribution is -2.47. The second-order valence-corrected chi connectivity index (χ2v) is 8.27. The van der Waals surface area contributed by atoms with Crippen LogP contribution in [0.4, 0.5) is 20.3 Å². The van der Waals surface area contributed by atoms with Crippen molar-refractivity contribution in [2.45, 2.75) is 0 Å². The minimum atomic E-state index is -0.276. The Kier molecular flexibility index (Phi) is 5.00. The molecule has 152 valence electrons. The maximum atomic E-state index is 14.2. The zero-order valence-electron chi connectivity index (χ0n) is 15.9. The van der Waals surface area contributed by atoms with Crippen LogP contribution in [0, 0.1) is 11.6 Å². The number of hydrogen-bond acceptors (Lipinski definition) is 5. The number of piperazine rings is 1. The number of hydrogen-bond donors (Lipinski definition) is 0. The van der Waals surface area contributed by atoms with Gasteiger partial charge in [-0.2, -0.15) is 4.98 Å². The molecule has 0 spiro atoms. The van der Waals surface area contributed by atoms with Gasteiger partial charge in [-0.05, 0) is 41.4 Å². The molecule has 0 unspecified atom stereocenters. The number of halogens is 3. The molecule has 5 rings (SSSR count). The predicted octanol–water partition coefficient (Wildman–Crippen LogP) is 5.62. The lowest BCUT2D eigenvalue weighted by molar-refractivity contribution is 0.596. The molecule has 30 heavy (non-hydrogen) atoms. The molecule has 1 aliphatic rings. The third-order valence-corrected chi connectivity index (χ3v) is 6.36. The highest BCUT2D eigenvalue weighted by Gasteiger charge is 2.24. The molecule has 0 amide bonds. The van der Waals surface area contributed by atoms with Gasteiger partial charge in [0, 0.05) is 37.1 Å². The Bertz CT molecular complexity index is 1200. The molecule has 4 aromatic rings. The van der Waals surface area contributed by atoms with Crippen LogP contribution in [0.1, 0.15) is 0 Å². The van der Waals surface area contributed by atoms with E-state index < -0.39 is 0 Å². The van der Waals surface area contributed by atoms with Gasteiger partial charge in [-0.25, -0.2) is 13.8 Å². The summed E-state index contributed by atoms with van der Waals surface area (Å²) < 4.78 is 27.6. The topological polar surface area (TPSA) is 32.3 Å². The number of anilines is 2. The molecular weight excluding hydrogens is 426 g/mol. The standard InChI is InChI=1S/C22H17ClF2N4S/c23-22-26-20(29-11-9-28(10-12-29)18-4-2-1-3-17(18)25)19-16(13-30-21(19)27-22)14-5-7-15(24)8-6-14/h1-8,13H,9-12H2. The minimum Gasteiger partial charge on any atom is -0.366 e. The summed E-state index contributed by atoms with van der Waals surface area (Å²) in [7, 11) is 0. The molecule has 1 fully saturated rings. The zero-order valence-corrected chi connectivity index (χ0v) is 17.4. The normalized spacial score (nSPS) is 14.5. The summed E-state index contributed by atoms with van der Waals surface area (Å²) in [4.78, 5) is 13.9. The molecule has 0 bridgehead atoms. The highest BCUT2D eigenvalue weighted by molar-refractivity contribution is 7.17. The van der Waals surface area contributed by atoms with E-state index in [2.05, 4.69) is 14.9 Å². The monoisotopic (exact) mass is 442 g/mol. The maximum Gasteiger partial charge on any atom is 0.225 e. The van der Waals surface area contributed by atoms with E-state index in [9.17, 15) is 8.78 Å². The molecule has 0 radical (unpaired) electrons. The number of benzene rings is 2. The van der Waals surface area contributed by atoms with Gasteiger partial charge in [0.25, 0.3) is 0 Å². The first-order valence-electron chi connectivity index (χ1n) is 9.55. The van der Waals surface area contributed by atoms with Gasteiger partial charge in [-0.15, -0.1) is 11.3 Å². The van der Waals surface area contributed by atoms with E-state index in [4.69, 9.17) is 11.6 Å². The number of para-hydroxylation sites is 1. The molecule has 3 heterocycles. The van der Waals surface area contributed by atoms with Crippen LogP contribution in [0.3, 0.4) is 0 Å². The fraction of sp³-hybridized carbons (Fsp3) is 0.182. The summed E-state index contributed by atoms with van der Waals surface area (Å²) in [6.07, 6.45) is 0. The fourth-order valence-corrected chi connectivity index (χ4v) is 4.99. The summed E-state index contributed by atoms with van der Waals surface area (Å²) in [5.74, 6) is 0.274. The molecule has 1 aliphatic heterocycles. The maximum absolute atomic E-state index is 14.2. The molecule has 0 N–H and O–H groups in total. The summed E-state index contributed by atoms with van der Waals surface area (Å²) in [5.41, 5.74) is 2.48. The number of thiophene rings is 1. The number of nitrogens with zero attached hydrogens (tertiary/aromatic N) is 4. The molecule has 8 heteroatoms. The second-order valence-electron chi connectivity index (χ2n) is 7.08. The van der Waals surface area contributed by atoms with Crippen molar-refractivity contribution in [3.8, 4) is 11.1 Å². The SMILES string of the molecule is Fc1ccc(-c2csc3nc(Cl)nc(N4CCN(c5ccccc5F)CC4)c23)cc1. The van der Waals surface area contributed by atoms with Gasteiger partial charge in [0.05, 0.1) is 11.1 Å². The van der Waals surface area contributed by atoms with Crippen molar-refractivity contribution in [3.63, 3.8) is 0 Å². The van der Waals surface area contributed by atoms with Crippen molar-refractivity contribution in [2.75, 3.05) is 36.0 Å².